The molecular formula is C17H17NO6S. The van der Waals surface area contributed by atoms with Gasteiger partial charge in [0, 0.05) is 18.1 Å². The highest BCUT2D eigenvalue weighted by atomic mass is 32.2. The van der Waals surface area contributed by atoms with E-state index in [0.717, 1.165) is 6.26 Å². The van der Waals surface area contributed by atoms with Gasteiger partial charge in [-0.2, -0.15) is 0 Å². The lowest BCUT2D eigenvalue weighted by Crippen LogP contribution is -2.26. The molecule has 0 unspecified atom stereocenters. The number of methoxy groups -OCH3 is 2. The van der Waals surface area contributed by atoms with E-state index in [1.54, 1.807) is 18.4 Å². The van der Waals surface area contributed by atoms with E-state index in [1.165, 1.54) is 49.5 Å². The summed E-state index contributed by atoms with van der Waals surface area (Å²) in [7, 11) is -0.935. The van der Waals surface area contributed by atoms with E-state index in [0.29, 0.717) is 5.69 Å². The van der Waals surface area contributed by atoms with Crippen molar-refractivity contribution in [1.82, 2.24) is 0 Å². The Kier molecular flexibility index (Phi) is 5.43. The Morgan fingerprint density at radius 2 is 1.56 bits per heavy atom. The Morgan fingerprint density at radius 1 is 0.960 bits per heavy atom. The van der Waals surface area contributed by atoms with Crippen LogP contribution in [0.1, 0.15) is 0 Å². The van der Waals surface area contributed by atoms with Gasteiger partial charge < -0.3 is 14.4 Å². The first-order chi connectivity index (χ1) is 11.8. The van der Waals surface area contributed by atoms with Crippen LogP contribution in [0, 0.1) is 0 Å². The van der Waals surface area contributed by atoms with Crippen LogP contribution >= 0.6 is 0 Å². The van der Waals surface area contributed by atoms with Crippen molar-refractivity contribution >= 4 is 27.5 Å². The van der Waals surface area contributed by atoms with Crippen LogP contribution in [0.2, 0.25) is 0 Å². The lowest BCUT2D eigenvalue weighted by Gasteiger charge is -2.23. The van der Waals surface area contributed by atoms with E-state index >= 15 is 0 Å². The lowest BCUT2D eigenvalue weighted by atomic mass is 10.1. The van der Waals surface area contributed by atoms with Gasteiger partial charge in [-0.25, -0.2) is 18.0 Å². The zero-order valence-corrected chi connectivity index (χ0v) is 14.7. The molecule has 0 atom stereocenters. The quantitative estimate of drug-likeness (QED) is 0.750. The Bertz CT molecular complexity index is 878. The minimum atomic E-state index is -3.35. The van der Waals surface area contributed by atoms with Crippen molar-refractivity contribution in [2.75, 3.05) is 25.4 Å². The Morgan fingerprint density at radius 3 is 2.08 bits per heavy atom. The zero-order chi connectivity index (χ0) is 18.6. The average Bonchev–Trinajstić information content (AvgIpc) is 2.82. The molecule has 0 spiro atoms. The molecule has 1 aromatic rings. The summed E-state index contributed by atoms with van der Waals surface area (Å²) in [6.45, 7) is 0. The highest BCUT2D eigenvalue weighted by Crippen LogP contribution is 2.27. The number of nitrogens with zero attached hydrogens (tertiary/aromatic N) is 1. The van der Waals surface area contributed by atoms with Gasteiger partial charge in [0.25, 0.3) is 0 Å². The van der Waals surface area contributed by atoms with Gasteiger partial charge in [-0.1, -0.05) is 6.08 Å². The molecule has 0 fully saturated rings. The number of allylic oxidation sites excluding steroid dienone is 2. The van der Waals surface area contributed by atoms with E-state index in [-0.39, 0.29) is 16.2 Å². The van der Waals surface area contributed by atoms with Crippen molar-refractivity contribution in [2.45, 2.75) is 4.90 Å². The highest BCUT2D eigenvalue weighted by Gasteiger charge is 2.27. The van der Waals surface area contributed by atoms with Crippen molar-refractivity contribution in [3.8, 4) is 0 Å². The maximum Gasteiger partial charge on any atom is 0.355 e. The fourth-order valence-corrected chi connectivity index (χ4v) is 2.85. The third kappa shape index (κ3) is 3.97. The molecule has 0 aromatic heterocycles. The number of ether oxygens (including phenoxy) is 2. The number of rotatable bonds is 4. The summed E-state index contributed by atoms with van der Waals surface area (Å²) < 4.78 is 32.7. The van der Waals surface area contributed by atoms with E-state index in [1.807, 2.05) is 0 Å². The summed E-state index contributed by atoms with van der Waals surface area (Å²) in [5.41, 5.74) is 0.465. The minimum Gasteiger partial charge on any atom is -0.465 e. The number of esters is 2. The van der Waals surface area contributed by atoms with E-state index in [4.69, 9.17) is 9.47 Å². The van der Waals surface area contributed by atoms with Crippen LogP contribution in [0.25, 0.3) is 0 Å². The number of carbonyl (C=O) groups is 2. The molecule has 0 aliphatic carbocycles. The fraction of sp³-hybridized carbons (Fsp3) is 0.176. The Hall–Kier alpha value is -2.87. The molecule has 0 N–H and O–H groups in total. The van der Waals surface area contributed by atoms with Crippen molar-refractivity contribution < 1.29 is 27.5 Å². The van der Waals surface area contributed by atoms with Crippen molar-refractivity contribution in [3.05, 3.63) is 60.0 Å². The largest absolute Gasteiger partial charge is 0.465 e. The van der Waals surface area contributed by atoms with Crippen LogP contribution in [-0.4, -0.2) is 40.8 Å². The standard InChI is InChI=1S/C17H17NO6S/c1-23-16(19)14-6-4-5-11-18(15(14)17(20)24-2)12-7-9-13(10-8-12)25(3,21)22/h4-11H,1-3H3. The molecule has 25 heavy (non-hydrogen) atoms. The van der Waals surface area contributed by atoms with Crippen molar-refractivity contribution in [1.29, 1.82) is 0 Å². The summed E-state index contributed by atoms with van der Waals surface area (Å²) in [6, 6.07) is 5.90. The van der Waals surface area contributed by atoms with Gasteiger partial charge in [-0.05, 0) is 36.4 Å². The van der Waals surface area contributed by atoms with Crippen LogP contribution in [0.5, 0.6) is 0 Å². The fourth-order valence-electron chi connectivity index (χ4n) is 2.22. The third-order valence-corrected chi connectivity index (χ3v) is 4.56. The predicted molar refractivity (Wildman–Crippen MR) is 91.4 cm³/mol. The normalized spacial score (nSPS) is 14.3. The summed E-state index contributed by atoms with van der Waals surface area (Å²) in [6.07, 6.45) is 7.32. The van der Waals surface area contributed by atoms with Crippen LogP contribution < -0.4 is 4.90 Å². The number of anilines is 1. The maximum absolute atomic E-state index is 12.3. The first-order valence-electron chi connectivity index (χ1n) is 7.14. The van der Waals surface area contributed by atoms with Crippen molar-refractivity contribution in [2.24, 2.45) is 0 Å². The van der Waals surface area contributed by atoms with Gasteiger partial charge in [0.05, 0.1) is 24.7 Å². The zero-order valence-electron chi connectivity index (χ0n) is 13.9. The molecule has 0 amide bonds. The monoisotopic (exact) mass is 363 g/mol. The van der Waals surface area contributed by atoms with E-state index in [9.17, 15) is 18.0 Å². The van der Waals surface area contributed by atoms with Gasteiger partial charge in [0.1, 0.15) is 5.70 Å². The van der Waals surface area contributed by atoms with Crippen LogP contribution in [-0.2, 0) is 28.9 Å². The van der Waals surface area contributed by atoms with Gasteiger partial charge >= 0.3 is 11.9 Å². The molecule has 1 aliphatic heterocycles. The third-order valence-electron chi connectivity index (χ3n) is 3.43. The summed E-state index contributed by atoms with van der Waals surface area (Å²) in [4.78, 5) is 25.9. The number of hydrogen-bond acceptors (Lipinski definition) is 7. The first-order valence-corrected chi connectivity index (χ1v) is 9.04. The molecule has 7 nitrogen and oxygen atoms in total. The van der Waals surface area contributed by atoms with Crippen LogP contribution in [0.4, 0.5) is 5.69 Å². The van der Waals surface area contributed by atoms with Gasteiger partial charge in [-0.15, -0.1) is 0 Å². The number of hydrogen-bond donors (Lipinski definition) is 0. The molecule has 8 heteroatoms. The smallest absolute Gasteiger partial charge is 0.355 e. The average molecular weight is 363 g/mol. The Balaban J connectivity index is 2.60. The molecule has 132 valence electrons. The maximum atomic E-state index is 12.3. The van der Waals surface area contributed by atoms with Crippen molar-refractivity contribution in [3.63, 3.8) is 0 Å². The second kappa shape index (κ2) is 7.35. The predicted octanol–water partition coefficient (Wildman–Crippen LogP) is 1.58. The summed E-state index contributed by atoms with van der Waals surface area (Å²) in [5, 5.41) is 0. The first kappa shape index (κ1) is 18.5. The number of carbonyl (C=O) groups excluding carboxylic acids is 2. The molecule has 0 saturated heterocycles. The van der Waals surface area contributed by atoms with Crippen LogP contribution in [0.3, 0.4) is 0 Å². The van der Waals surface area contributed by atoms with Gasteiger partial charge in [-0.3, -0.25) is 0 Å². The number of benzene rings is 1. The molecule has 1 aliphatic rings. The minimum absolute atomic E-state index is 0.0199. The highest BCUT2D eigenvalue weighted by molar-refractivity contribution is 7.90. The van der Waals surface area contributed by atoms with Crippen LogP contribution in [0.15, 0.2) is 64.9 Å². The SMILES string of the molecule is COC(=O)C1=C(C(=O)OC)N(c2ccc(S(C)(=O)=O)cc2)C=CC=C1. The second-order valence-electron chi connectivity index (χ2n) is 5.08. The van der Waals surface area contributed by atoms with Gasteiger partial charge in [0.2, 0.25) is 0 Å². The molecule has 2 rings (SSSR count). The summed E-state index contributed by atoms with van der Waals surface area (Å²) >= 11 is 0. The Labute approximate surface area is 145 Å². The summed E-state index contributed by atoms with van der Waals surface area (Å²) in [5.74, 6) is -1.43. The van der Waals surface area contributed by atoms with E-state index < -0.39 is 21.8 Å². The lowest BCUT2D eigenvalue weighted by molar-refractivity contribution is -0.139. The van der Waals surface area contributed by atoms with Gasteiger partial charge in [0.15, 0.2) is 9.84 Å². The van der Waals surface area contributed by atoms with E-state index in [2.05, 4.69) is 0 Å². The topological polar surface area (TPSA) is 90.0 Å². The molecule has 0 radical (unpaired) electrons. The molecule has 0 saturated carbocycles. The molecule has 1 heterocycles. The molecule has 0 bridgehead atoms. The second-order valence-corrected chi connectivity index (χ2v) is 7.10. The molecular weight excluding hydrogens is 346 g/mol. The number of sulfone groups is 1. The molecule has 1 aromatic carbocycles.